The first-order chi connectivity index (χ1) is 16.5. The van der Waals surface area contributed by atoms with E-state index in [0.29, 0.717) is 34.2 Å². The number of hydrogen-bond donors (Lipinski definition) is 1. The molecule has 5 rings (SSSR count). The summed E-state index contributed by atoms with van der Waals surface area (Å²) in [4.78, 5) is 28.3. The number of ketones is 1. The summed E-state index contributed by atoms with van der Waals surface area (Å²) in [6, 6.07) is 21.7. The number of amides is 1. The van der Waals surface area contributed by atoms with E-state index < -0.39 is 23.5 Å². The third-order valence-corrected chi connectivity index (χ3v) is 5.91. The van der Waals surface area contributed by atoms with Crippen LogP contribution in [0.2, 0.25) is 5.02 Å². The van der Waals surface area contributed by atoms with Crippen molar-refractivity contribution in [1.82, 2.24) is 0 Å². The molecule has 0 fully saturated rings. The molecule has 1 aromatic heterocycles. The molecule has 0 saturated carbocycles. The van der Waals surface area contributed by atoms with Gasteiger partial charge in [-0.25, -0.2) is 0 Å². The molecule has 1 unspecified atom stereocenters. The number of aliphatic hydroxyl groups is 1. The SMILES string of the molecule is CCOc1cccc(C2C(C(=O)c3cc4ccccc4o3)=C(O)C(=O)N2c2cccc(Cl)c2)c1. The number of hydrogen-bond acceptors (Lipinski definition) is 5. The predicted octanol–water partition coefficient (Wildman–Crippen LogP) is 6.27. The maximum Gasteiger partial charge on any atom is 0.294 e. The molecule has 6 nitrogen and oxygen atoms in total. The molecule has 2 heterocycles. The van der Waals surface area contributed by atoms with Crippen LogP contribution in [0.3, 0.4) is 0 Å². The lowest BCUT2D eigenvalue weighted by Crippen LogP contribution is -2.31. The fourth-order valence-electron chi connectivity index (χ4n) is 4.21. The minimum absolute atomic E-state index is 0.0365. The number of carbonyl (C=O) groups excluding carboxylic acids is 2. The average Bonchev–Trinajstić information content (AvgIpc) is 3.38. The Balaban J connectivity index is 1.67. The summed E-state index contributed by atoms with van der Waals surface area (Å²) in [5, 5.41) is 12.1. The summed E-state index contributed by atoms with van der Waals surface area (Å²) < 4.78 is 11.4. The zero-order chi connectivity index (χ0) is 23.8. The van der Waals surface area contributed by atoms with E-state index in [2.05, 4.69) is 0 Å². The van der Waals surface area contributed by atoms with E-state index in [0.717, 1.165) is 5.39 Å². The fraction of sp³-hybridized carbons (Fsp3) is 0.111. The number of rotatable bonds is 6. The van der Waals surface area contributed by atoms with E-state index in [1.807, 2.05) is 19.1 Å². The van der Waals surface area contributed by atoms with Gasteiger partial charge in [0.2, 0.25) is 5.78 Å². The maximum atomic E-state index is 13.7. The van der Waals surface area contributed by atoms with Gasteiger partial charge in [-0.1, -0.05) is 48.0 Å². The zero-order valence-electron chi connectivity index (χ0n) is 18.2. The second-order valence-electron chi connectivity index (χ2n) is 7.80. The van der Waals surface area contributed by atoms with Gasteiger partial charge in [-0.2, -0.15) is 0 Å². The molecule has 4 aromatic rings. The summed E-state index contributed by atoms with van der Waals surface area (Å²) in [6.45, 7) is 2.32. The number of Topliss-reactive ketones (excluding diaryl/α,β-unsaturated/α-hetero) is 1. The largest absolute Gasteiger partial charge is 0.503 e. The standard InChI is InChI=1S/C27H20ClNO5/c1-2-33-20-11-5-8-17(13-20)24-23(25(30)22-14-16-7-3-4-12-21(16)34-22)26(31)27(32)29(24)19-10-6-9-18(28)15-19/h3-15,24,31H,2H2,1H3. The topological polar surface area (TPSA) is 80.0 Å². The molecule has 1 N–H and O–H groups in total. The summed E-state index contributed by atoms with van der Waals surface area (Å²) in [6.07, 6.45) is 0. The van der Waals surface area contributed by atoms with Gasteiger partial charge in [0.05, 0.1) is 18.2 Å². The molecule has 1 atom stereocenters. The number of para-hydroxylation sites is 1. The second-order valence-corrected chi connectivity index (χ2v) is 8.24. The first kappa shape index (κ1) is 21.8. The molecular weight excluding hydrogens is 454 g/mol. The van der Waals surface area contributed by atoms with Gasteiger partial charge in [-0.3, -0.25) is 14.5 Å². The Hall–Kier alpha value is -4.03. The first-order valence-corrected chi connectivity index (χ1v) is 11.1. The van der Waals surface area contributed by atoms with Crippen LogP contribution in [0.1, 0.15) is 29.1 Å². The number of aliphatic hydroxyl groups excluding tert-OH is 1. The van der Waals surface area contributed by atoms with E-state index in [4.69, 9.17) is 20.8 Å². The lowest BCUT2D eigenvalue weighted by atomic mass is 9.94. The summed E-state index contributed by atoms with van der Waals surface area (Å²) >= 11 is 6.19. The van der Waals surface area contributed by atoms with E-state index in [1.54, 1.807) is 66.7 Å². The van der Waals surface area contributed by atoms with Crippen LogP contribution in [-0.2, 0) is 4.79 Å². The third kappa shape index (κ3) is 3.72. The van der Waals surface area contributed by atoms with E-state index >= 15 is 0 Å². The van der Waals surface area contributed by atoms with Gasteiger partial charge < -0.3 is 14.3 Å². The van der Waals surface area contributed by atoms with Crippen molar-refractivity contribution in [3.63, 3.8) is 0 Å². The van der Waals surface area contributed by atoms with Gasteiger partial charge in [0.25, 0.3) is 5.91 Å². The van der Waals surface area contributed by atoms with Crippen molar-refractivity contribution in [2.45, 2.75) is 13.0 Å². The number of benzene rings is 3. The fourth-order valence-corrected chi connectivity index (χ4v) is 4.40. The van der Waals surface area contributed by atoms with Crippen LogP contribution in [0.5, 0.6) is 5.75 Å². The van der Waals surface area contributed by atoms with Crippen LogP contribution >= 0.6 is 11.6 Å². The zero-order valence-corrected chi connectivity index (χ0v) is 19.0. The number of fused-ring (bicyclic) bond motifs is 1. The normalized spacial score (nSPS) is 15.9. The van der Waals surface area contributed by atoms with Crippen molar-refractivity contribution in [2.75, 3.05) is 11.5 Å². The monoisotopic (exact) mass is 473 g/mol. The summed E-state index contributed by atoms with van der Waals surface area (Å²) in [5.74, 6) is -1.28. The van der Waals surface area contributed by atoms with Crippen LogP contribution in [-0.4, -0.2) is 23.4 Å². The van der Waals surface area contributed by atoms with Gasteiger partial charge in [0.15, 0.2) is 11.5 Å². The molecule has 3 aromatic carbocycles. The molecule has 0 aliphatic carbocycles. The van der Waals surface area contributed by atoms with Crippen molar-refractivity contribution in [1.29, 1.82) is 0 Å². The lowest BCUT2D eigenvalue weighted by Gasteiger charge is -2.27. The van der Waals surface area contributed by atoms with E-state index in [1.165, 1.54) is 4.90 Å². The van der Waals surface area contributed by atoms with Crippen LogP contribution in [0.25, 0.3) is 11.0 Å². The van der Waals surface area contributed by atoms with Crippen LogP contribution < -0.4 is 9.64 Å². The molecule has 7 heteroatoms. The molecule has 1 aliphatic rings. The third-order valence-electron chi connectivity index (χ3n) is 5.67. The van der Waals surface area contributed by atoms with Crippen LogP contribution in [0.15, 0.2) is 94.6 Å². The molecule has 34 heavy (non-hydrogen) atoms. The number of nitrogens with zero attached hydrogens (tertiary/aromatic N) is 1. The highest BCUT2D eigenvalue weighted by Gasteiger charge is 2.45. The Morgan fingerprint density at radius 2 is 1.85 bits per heavy atom. The summed E-state index contributed by atoms with van der Waals surface area (Å²) in [5.41, 5.74) is 1.51. The Morgan fingerprint density at radius 3 is 2.62 bits per heavy atom. The first-order valence-electron chi connectivity index (χ1n) is 10.8. The van der Waals surface area contributed by atoms with Crippen molar-refractivity contribution in [2.24, 2.45) is 0 Å². The lowest BCUT2D eigenvalue weighted by molar-refractivity contribution is -0.117. The molecule has 0 bridgehead atoms. The highest BCUT2D eigenvalue weighted by atomic mass is 35.5. The number of carbonyl (C=O) groups is 2. The number of ether oxygens (including phenoxy) is 1. The van der Waals surface area contributed by atoms with Gasteiger partial charge in [-0.15, -0.1) is 0 Å². The van der Waals surface area contributed by atoms with Crippen molar-refractivity contribution >= 4 is 39.9 Å². The van der Waals surface area contributed by atoms with Crippen molar-refractivity contribution in [3.8, 4) is 5.75 Å². The number of halogens is 1. The van der Waals surface area contributed by atoms with Crippen LogP contribution in [0, 0.1) is 0 Å². The highest BCUT2D eigenvalue weighted by molar-refractivity contribution is 6.31. The van der Waals surface area contributed by atoms with E-state index in [-0.39, 0.29) is 11.3 Å². The smallest absolute Gasteiger partial charge is 0.294 e. The maximum absolute atomic E-state index is 13.7. The van der Waals surface area contributed by atoms with Crippen LogP contribution in [0.4, 0.5) is 5.69 Å². The molecule has 1 amide bonds. The van der Waals surface area contributed by atoms with Gasteiger partial charge in [0, 0.05) is 16.1 Å². The number of anilines is 1. The van der Waals surface area contributed by atoms with Gasteiger partial charge in [0.1, 0.15) is 11.3 Å². The number of furan rings is 1. The average molecular weight is 474 g/mol. The minimum atomic E-state index is -0.910. The Kier molecular flexibility index (Phi) is 5.59. The molecular formula is C27H20ClNO5. The highest BCUT2D eigenvalue weighted by Crippen LogP contribution is 2.43. The molecule has 0 spiro atoms. The molecule has 1 aliphatic heterocycles. The second kappa shape index (κ2) is 8.72. The Morgan fingerprint density at radius 1 is 1.06 bits per heavy atom. The molecule has 0 saturated heterocycles. The molecule has 170 valence electrons. The minimum Gasteiger partial charge on any atom is -0.503 e. The van der Waals surface area contributed by atoms with Crippen molar-refractivity contribution < 1.29 is 23.8 Å². The Bertz CT molecular complexity index is 1420. The van der Waals surface area contributed by atoms with Gasteiger partial charge >= 0.3 is 0 Å². The quantitative estimate of drug-likeness (QED) is 0.334. The molecule has 0 radical (unpaired) electrons. The van der Waals surface area contributed by atoms with Gasteiger partial charge in [-0.05, 0) is 55.0 Å². The summed E-state index contributed by atoms with van der Waals surface area (Å²) in [7, 11) is 0. The van der Waals surface area contributed by atoms with E-state index in [9.17, 15) is 14.7 Å². The predicted molar refractivity (Wildman–Crippen MR) is 129 cm³/mol. The Labute approximate surface area is 200 Å². The van der Waals surface area contributed by atoms with Crippen molar-refractivity contribution in [3.05, 3.63) is 107 Å².